The van der Waals surface area contributed by atoms with Crippen LogP contribution in [-0.2, 0) is 0 Å². The molecule has 0 aliphatic rings. The van der Waals surface area contributed by atoms with Crippen LogP contribution in [0, 0.1) is 0 Å². The summed E-state index contributed by atoms with van der Waals surface area (Å²) in [6.45, 7) is 4.45. The van der Waals surface area contributed by atoms with Gasteiger partial charge in [0.2, 0.25) is 8.41 Å². The fraction of sp³-hybridized carbons (Fsp3) is 1.00. The van der Waals surface area contributed by atoms with E-state index < -0.39 is 8.41 Å². The van der Waals surface area contributed by atoms with Crippen molar-refractivity contribution in [3.05, 3.63) is 0 Å². The largest absolute Gasteiger partial charge is 0.320 e. The molecule has 1 nitrogen and oxygen atoms in total. The van der Waals surface area contributed by atoms with Crippen molar-refractivity contribution in [1.82, 2.24) is 5.32 Å². The molecule has 0 aromatic heterocycles. The van der Waals surface area contributed by atoms with Gasteiger partial charge < -0.3 is 9.42 Å². The molecule has 56 valence electrons. The second kappa shape index (κ2) is 4.01. The molecule has 0 spiro atoms. The van der Waals surface area contributed by atoms with Crippen LogP contribution in [0.3, 0.4) is 0 Å². The average molecular weight is 149 g/mol. The van der Waals surface area contributed by atoms with Gasteiger partial charge in [0.15, 0.2) is 0 Å². The van der Waals surface area contributed by atoms with E-state index in [1.807, 2.05) is 7.05 Å². The highest BCUT2D eigenvalue weighted by molar-refractivity contribution is 6.70. The first kappa shape index (κ1) is 9.11. The third-order valence-corrected chi connectivity index (χ3v) is 2.74. The predicted octanol–water partition coefficient (Wildman–Crippen LogP) is 1.77. The number of rotatable bonds is 4. The summed E-state index contributed by atoms with van der Waals surface area (Å²) < 4.78 is 12.8. The quantitative estimate of drug-likeness (QED) is 0.365. The minimum Gasteiger partial charge on any atom is -0.320 e. The monoisotopic (exact) mass is 149 g/mol. The molecule has 3 heteroatoms. The summed E-state index contributed by atoms with van der Waals surface area (Å²) in [7, 11) is -0.339. The first-order valence-electron chi connectivity index (χ1n) is 3.40. The molecule has 0 fully saturated rings. The minimum absolute atomic E-state index is 0.786. The summed E-state index contributed by atoms with van der Waals surface area (Å²) in [5.74, 6) is 0. The zero-order valence-electron chi connectivity index (χ0n) is 6.50. The van der Waals surface area contributed by atoms with Crippen molar-refractivity contribution in [3.8, 4) is 0 Å². The maximum atomic E-state index is 12.8. The Kier molecular flexibility index (Phi) is 4.06. The maximum absolute atomic E-state index is 12.8. The fourth-order valence-corrected chi connectivity index (χ4v) is 1.70. The van der Waals surface area contributed by atoms with E-state index in [0.29, 0.717) is 0 Å². The molecule has 0 saturated heterocycles. The highest BCUT2D eigenvalue weighted by Crippen LogP contribution is 2.11. The maximum Gasteiger partial charge on any atom is 0.241 e. The topological polar surface area (TPSA) is 12.0 Å². The summed E-state index contributed by atoms with van der Waals surface area (Å²) in [6.07, 6.45) is 0.978. The Morgan fingerprint density at radius 2 is 2.00 bits per heavy atom. The fourth-order valence-electron chi connectivity index (χ4n) is 0.686. The van der Waals surface area contributed by atoms with Gasteiger partial charge in [0.25, 0.3) is 0 Å². The van der Waals surface area contributed by atoms with Crippen molar-refractivity contribution in [3.63, 3.8) is 0 Å². The Morgan fingerprint density at radius 3 is 2.33 bits per heavy atom. The normalized spacial score (nSPS) is 12.0. The Balaban J connectivity index is 3.07. The molecule has 0 saturated carbocycles. The Hall–Kier alpha value is 0.107. The molecule has 0 radical (unpaired) electrons. The van der Waals surface area contributed by atoms with Crippen molar-refractivity contribution in [2.75, 3.05) is 13.6 Å². The third kappa shape index (κ3) is 8.11. The molecule has 0 unspecified atom stereocenters. The van der Waals surface area contributed by atoms with E-state index in [1.165, 1.54) is 0 Å². The van der Waals surface area contributed by atoms with Crippen LogP contribution in [0.4, 0.5) is 4.11 Å². The van der Waals surface area contributed by atoms with Gasteiger partial charge in [-0.1, -0.05) is 0 Å². The van der Waals surface area contributed by atoms with E-state index in [-0.39, 0.29) is 0 Å². The van der Waals surface area contributed by atoms with E-state index in [4.69, 9.17) is 0 Å². The zero-order chi connectivity index (χ0) is 7.33. The lowest BCUT2D eigenvalue weighted by Gasteiger charge is -2.08. The summed E-state index contributed by atoms with van der Waals surface area (Å²) in [6, 6.07) is 0.786. The predicted molar refractivity (Wildman–Crippen MR) is 41.9 cm³/mol. The number of hydrogen-bond donors (Lipinski definition) is 1. The first-order chi connectivity index (χ1) is 4.06. The summed E-state index contributed by atoms with van der Waals surface area (Å²) in [5, 5.41) is 3.00. The van der Waals surface area contributed by atoms with Gasteiger partial charge in [-0.25, -0.2) is 0 Å². The molecule has 0 heterocycles. The van der Waals surface area contributed by atoms with E-state index in [9.17, 15) is 4.11 Å². The standard InChI is InChI=1S/C6H16FNSi/c1-8-5-4-6-9(2,3)7/h8H,4-6H2,1-3H3. The van der Waals surface area contributed by atoms with Crippen LogP contribution in [0.1, 0.15) is 6.42 Å². The summed E-state index contributed by atoms with van der Waals surface area (Å²) >= 11 is 0. The van der Waals surface area contributed by atoms with Gasteiger partial charge in [-0.05, 0) is 39.2 Å². The van der Waals surface area contributed by atoms with Crippen LogP contribution in [-0.4, -0.2) is 22.0 Å². The van der Waals surface area contributed by atoms with Gasteiger partial charge >= 0.3 is 0 Å². The van der Waals surface area contributed by atoms with Crippen LogP contribution in [0.2, 0.25) is 19.1 Å². The Labute approximate surface area is 57.8 Å². The van der Waals surface area contributed by atoms with Gasteiger partial charge in [0.05, 0.1) is 0 Å². The number of hydrogen-bond acceptors (Lipinski definition) is 1. The Bertz CT molecular complexity index is 69.9. The Morgan fingerprint density at radius 1 is 1.44 bits per heavy atom. The second-order valence-electron chi connectivity index (χ2n) is 2.93. The lowest BCUT2D eigenvalue weighted by molar-refractivity contribution is 0.720. The molecule has 0 aliphatic heterocycles. The van der Waals surface area contributed by atoms with E-state index in [2.05, 4.69) is 5.32 Å². The van der Waals surface area contributed by atoms with Crippen LogP contribution >= 0.6 is 0 Å². The lowest BCUT2D eigenvalue weighted by Crippen LogP contribution is -2.20. The van der Waals surface area contributed by atoms with Crippen LogP contribution in [0.15, 0.2) is 0 Å². The molecular formula is C6H16FNSi. The number of halogens is 1. The van der Waals surface area contributed by atoms with Gasteiger partial charge in [-0.3, -0.25) is 0 Å². The molecule has 0 amide bonds. The van der Waals surface area contributed by atoms with Crippen molar-refractivity contribution in [2.24, 2.45) is 0 Å². The van der Waals surface area contributed by atoms with E-state index in [1.54, 1.807) is 13.1 Å². The molecule has 0 rings (SSSR count). The van der Waals surface area contributed by atoms with Crippen LogP contribution in [0.5, 0.6) is 0 Å². The SMILES string of the molecule is CNCCC[Si](C)(C)F. The highest BCUT2D eigenvalue weighted by atomic mass is 28.4. The van der Waals surface area contributed by atoms with Crippen LogP contribution < -0.4 is 5.32 Å². The van der Waals surface area contributed by atoms with Crippen LogP contribution in [0.25, 0.3) is 0 Å². The molecule has 1 N–H and O–H groups in total. The van der Waals surface area contributed by atoms with Gasteiger partial charge in [-0.15, -0.1) is 0 Å². The zero-order valence-corrected chi connectivity index (χ0v) is 7.50. The van der Waals surface area contributed by atoms with Crippen molar-refractivity contribution in [1.29, 1.82) is 0 Å². The summed E-state index contributed by atoms with van der Waals surface area (Å²) in [4.78, 5) is 0. The summed E-state index contributed by atoms with van der Waals surface area (Å²) in [5.41, 5.74) is 0. The van der Waals surface area contributed by atoms with Crippen molar-refractivity contribution >= 4 is 8.41 Å². The second-order valence-corrected chi connectivity index (χ2v) is 6.86. The lowest BCUT2D eigenvalue weighted by atomic mass is 10.5. The molecule has 0 atom stereocenters. The third-order valence-electron chi connectivity index (χ3n) is 1.20. The molecule has 0 aromatic carbocycles. The van der Waals surface area contributed by atoms with E-state index in [0.717, 1.165) is 19.0 Å². The smallest absolute Gasteiger partial charge is 0.241 e. The highest BCUT2D eigenvalue weighted by Gasteiger charge is 2.18. The van der Waals surface area contributed by atoms with Gasteiger partial charge in [0, 0.05) is 0 Å². The van der Waals surface area contributed by atoms with E-state index >= 15 is 0 Å². The average Bonchev–Trinajstić information content (AvgIpc) is 1.63. The first-order valence-corrected chi connectivity index (χ1v) is 6.48. The number of nitrogens with one attached hydrogen (secondary N) is 1. The van der Waals surface area contributed by atoms with Gasteiger partial charge in [0.1, 0.15) is 0 Å². The molecule has 0 aromatic rings. The molecule has 0 bridgehead atoms. The minimum atomic E-state index is -2.23. The van der Waals surface area contributed by atoms with Crippen molar-refractivity contribution in [2.45, 2.75) is 25.6 Å². The van der Waals surface area contributed by atoms with Gasteiger partial charge in [-0.2, -0.15) is 0 Å². The molecule has 0 aliphatic carbocycles. The van der Waals surface area contributed by atoms with Crippen molar-refractivity contribution < 1.29 is 4.11 Å². The molecule has 9 heavy (non-hydrogen) atoms. The molecular weight excluding hydrogens is 133 g/mol.